The molecule has 92 valence electrons. The molecule has 0 aliphatic carbocycles. The molecule has 0 heterocycles. The van der Waals surface area contributed by atoms with Gasteiger partial charge in [0.05, 0.1) is 4.92 Å². The molecular formula is C12H9IN2O3. The molecule has 6 heteroatoms. The van der Waals surface area contributed by atoms with E-state index in [9.17, 15) is 10.1 Å². The molecule has 2 aromatic carbocycles. The number of rotatable bonds is 3. The Hall–Kier alpha value is -1.83. The molecule has 2 rings (SSSR count). The molecule has 0 bridgehead atoms. The van der Waals surface area contributed by atoms with Crippen LogP contribution in [0.1, 0.15) is 0 Å². The lowest BCUT2D eigenvalue weighted by Gasteiger charge is -2.07. The second-order valence-electron chi connectivity index (χ2n) is 3.51. The van der Waals surface area contributed by atoms with E-state index in [1.165, 1.54) is 12.1 Å². The van der Waals surface area contributed by atoms with Crippen LogP contribution in [0, 0.1) is 13.7 Å². The zero-order valence-electron chi connectivity index (χ0n) is 9.17. The maximum absolute atomic E-state index is 10.9. The largest absolute Gasteiger partial charge is 0.450 e. The number of nitro groups is 1. The van der Waals surface area contributed by atoms with Crippen LogP contribution in [-0.2, 0) is 0 Å². The van der Waals surface area contributed by atoms with E-state index in [0.29, 0.717) is 5.75 Å². The first-order chi connectivity index (χ1) is 8.58. The van der Waals surface area contributed by atoms with Crippen molar-refractivity contribution >= 4 is 34.0 Å². The van der Waals surface area contributed by atoms with E-state index in [4.69, 9.17) is 10.5 Å². The lowest BCUT2D eigenvalue weighted by molar-refractivity contribution is -0.384. The topological polar surface area (TPSA) is 78.4 Å². The molecule has 0 fully saturated rings. The lowest BCUT2D eigenvalue weighted by Crippen LogP contribution is -1.98. The van der Waals surface area contributed by atoms with Crippen LogP contribution in [-0.4, -0.2) is 4.92 Å². The summed E-state index contributed by atoms with van der Waals surface area (Å²) >= 11 is 2.17. The van der Waals surface area contributed by atoms with Gasteiger partial charge in [-0.2, -0.15) is 0 Å². The Morgan fingerprint density at radius 2 is 1.83 bits per heavy atom. The van der Waals surface area contributed by atoms with E-state index < -0.39 is 4.92 Å². The molecule has 2 aromatic rings. The fourth-order valence-electron chi connectivity index (χ4n) is 1.45. The molecule has 0 saturated heterocycles. The Morgan fingerprint density at radius 3 is 2.44 bits per heavy atom. The van der Waals surface area contributed by atoms with Gasteiger partial charge in [0.15, 0.2) is 0 Å². The van der Waals surface area contributed by atoms with Crippen molar-refractivity contribution < 1.29 is 9.66 Å². The number of para-hydroxylation sites is 1. The highest BCUT2D eigenvalue weighted by molar-refractivity contribution is 14.1. The highest BCUT2D eigenvalue weighted by atomic mass is 127. The van der Waals surface area contributed by atoms with E-state index >= 15 is 0 Å². The summed E-state index contributed by atoms with van der Waals surface area (Å²) in [6.45, 7) is 0. The molecule has 0 amide bonds. The number of nitrogens with zero attached hydrogens (tertiary/aromatic N) is 1. The van der Waals surface area contributed by atoms with Crippen molar-refractivity contribution in [1.82, 2.24) is 0 Å². The monoisotopic (exact) mass is 356 g/mol. The average molecular weight is 356 g/mol. The van der Waals surface area contributed by atoms with Crippen LogP contribution in [0.2, 0.25) is 0 Å². The highest BCUT2D eigenvalue weighted by Gasteiger charge is 2.19. The third-order valence-corrected chi connectivity index (χ3v) is 2.97. The van der Waals surface area contributed by atoms with Crippen LogP contribution in [0.25, 0.3) is 0 Å². The van der Waals surface area contributed by atoms with Gasteiger partial charge in [-0.05, 0) is 59.0 Å². The summed E-state index contributed by atoms with van der Waals surface area (Å²) in [6.07, 6.45) is 0. The van der Waals surface area contributed by atoms with Crippen molar-refractivity contribution in [3.05, 3.63) is 56.1 Å². The number of hydrogen-bond donors (Lipinski definition) is 1. The van der Waals surface area contributed by atoms with Crippen LogP contribution in [0.5, 0.6) is 11.5 Å². The molecular weight excluding hydrogens is 347 g/mol. The van der Waals surface area contributed by atoms with Gasteiger partial charge in [0.1, 0.15) is 11.4 Å². The Morgan fingerprint density at radius 1 is 1.17 bits per heavy atom. The highest BCUT2D eigenvalue weighted by Crippen LogP contribution is 2.35. The van der Waals surface area contributed by atoms with Crippen molar-refractivity contribution in [3.8, 4) is 11.5 Å². The first kappa shape index (κ1) is 12.6. The van der Waals surface area contributed by atoms with Crippen LogP contribution < -0.4 is 10.5 Å². The number of halogens is 1. The molecule has 0 spiro atoms. The van der Waals surface area contributed by atoms with Crippen molar-refractivity contribution in [2.45, 2.75) is 0 Å². The minimum atomic E-state index is -0.544. The molecule has 0 saturated carbocycles. The standard InChI is InChI=1S/C12H9IN2O3/c13-8-4-6-9(7-5-8)18-11-3-1-2-10(14)12(11)15(16)17/h1-7H,14H2. The number of nitrogens with two attached hydrogens (primary N) is 1. The van der Waals surface area contributed by atoms with Crippen LogP contribution >= 0.6 is 22.6 Å². The summed E-state index contributed by atoms with van der Waals surface area (Å²) in [7, 11) is 0. The minimum Gasteiger partial charge on any atom is -0.450 e. The Balaban J connectivity index is 2.37. The van der Waals surface area contributed by atoms with Gasteiger partial charge in [-0.25, -0.2) is 0 Å². The third kappa shape index (κ3) is 2.70. The van der Waals surface area contributed by atoms with E-state index in [1.807, 2.05) is 12.1 Å². The molecule has 5 nitrogen and oxygen atoms in total. The van der Waals surface area contributed by atoms with E-state index in [-0.39, 0.29) is 17.1 Å². The summed E-state index contributed by atoms with van der Waals surface area (Å²) < 4.78 is 6.54. The molecule has 2 N–H and O–H groups in total. The zero-order valence-corrected chi connectivity index (χ0v) is 11.3. The number of anilines is 1. The van der Waals surface area contributed by atoms with Gasteiger partial charge >= 0.3 is 5.69 Å². The number of benzene rings is 2. The quantitative estimate of drug-likeness (QED) is 0.395. The summed E-state index contributed by atoms with van der Waals surface area (Å²) in [5.41, 5.74) is 5.45. The van der Waals surface area contributed by atoms with Crippen molar-refractivity contribution in [3.63, 3.8) is 0 Å². The van der Waals surface area contributed by atoms with E-state index in [2.05, 4.69) is 22.6 Å². The van der Waals surface area contributed by atoms with Gasteiger partial charge < -0.3 is 10.5 Å². The van der Waals surface area contributed by atoms with Gasteiger partial charge in [-0.1, -0.05) is 6.07 Å². The second-order valence-corrected chi connectivity index (χ2v) is 4.75. The fourth-order valence-corrected chi connectivity index (χ4v) is 1.81. The summed E-state index contributed by atoms with van der Waals surface area (Å²) in [5, 5.41) is 10.9. The smallest absolute Gasteiger partial charge is 0.334 e. The molecule has 0 radical (unpaired) electrons. The second kappa shape index (κ2) is 5.21. The molecule has 0 atom stereocenters. The number of nitro benzene ring substituents is 1. The SMILES string of the molecule is Nc1cccc(Oc2ccc(I)cc2)c1[N+](=O)[O-]. The Bertz CT molecular complexity index is 584. The minimum absolute atomic E-state index is 0.0861. The van der Waals surface area contributed by atoms with Gasteiger partial charge in [-0.15, -0.1) is 0 Å². The van der Waals surface area contributed by atoms with Gasteiger partial charge in [0, 0.05) is 3.57 Å². The van der Waals surface area contributed by atoms with Gasteiger partial charge in [-0.3, -0.25) is 10.1 Å². The first-order valence-electron chi connectivity index (χ1n) is 5.04. The maximum Gasteiger partial charge on any atom is 0.334 e. The Labute approximate surface area is 117 Å². The van der Waals surface area contributed by atoms with Crippen molar-refractivity contribution in [2.75, 3.05) is 5.73 Å². The number of ether oxygens (including phenoxy) is 1. The molecule has 18 heavy (non-hydrogen) atoms. The normalized spacial score (nSPS) is 10.1. The number of hydrogen-bond acceptors (Lipinski definition) is 4. The van der Waals surface area contributed by atoms with Crippen LogP contribution in [0.15, 0.2) is 42.5 Å². The van der Waals surface area contributed by atoms with E-state index in [1.54, 1.807) is 18.2 Å². The summed E-state index contributed by atoms with van der Waals surface area (Å²) in [4.78, 5) is 10.4. The third-order valence-electron chi connectivity index (χ3n) is 2.25. The zero-order chi connectivity index (χ0) is 13.1. The first-order valence-corrected chi connectivity index (χ1v) is 6.12. The van der Waals surface area contributed by atoms with Gasteiger partial charge in [0.2, 0.25) is 5.75 Å². The molecule has 0 aliphatic heterocycles. The van der Waals surface area contributed by atoms with Gasteiger partial charge in [0.25, 0.3) is 0 Å². The lowest BCUT2D eigenvalue weighted by atomic mass is 10.2. The molecule has 0 aromatic heterocycles. The summed E-state index contributed by atoms with van der Waals surface area (Å²) in [6, 6.07) is 11.8. The van der Waals surface area contributed by atoms with Crippen LogP contribution in [0.3, 0.4) is 0 Å². The Kier molecular flexibility index (Phi) is 3.66. The maximum atomic E-state index is 10.9. The van der Waals surface area contributed by atoms with Crippen LogP contribution in [0.4, 0.5) is 11.4 Å². The molecule has 0 aliphatic rings. The number of nitrogen functional groups attached to an aromatic ring is 1. The van der Waals surface area contributed by atoms with Crippen molar-refractivity contribution in [2.24, 2.45) is 0 Å². The summed E-state index contributed by atoms with van der Waals surface area (Å²) in [5.74, 6) is 0.672. The van der Waals surface area contributed by atoms with E-state index in [0.717, 1.165) is 3.57 Å². The predicted molar refractivity (Wildman–Crippen MR) is 76.7 cm³/mol. The molecule has 0 unspecified atom stereocenters. The van der Waals surface area contributed by atoms with Crippen molar-refractivity contribution in [1.29, 1.82) is 0 Å². The predicted octanol–water partition coefficient (Wildman–Crippen LogP) is 3.57. The fraction of sp³-hybridized carbons (Fsp3) is 0. The average Bonchev–Trinajstić information content (AvgIpc) is 2.32.